The van der Waals surface area contributed by atoms with E-state index in [1.54, 1.807) is 19.2 Å². The van der Waals surface area contributed by atoms with Crippen LogP contribution in [0.15, 0.2) is 48.8 Å². The number of aromatic nitrogens is 2. The third-order valence-electron chi connectivity index (χ3n) is 2.93. The minimum atomic E-state index is -0.300. The number of nitrogens with one attached hydrogen (secondary N) is 1. The van der Waals surface area contributed by atoms with Crippen molar-refractivity contribution in [2.24, 2.45) is 0 Å². The van der Waals surface area contributed by atoms with Crippen molar-refractivity contribution in [1.29, 1.82) is 0 Å². The summed E-state index contributed by atoms with van der Waals surface area (Å²) in [7, 11) is 1.60. The zero-order valence-electron chi connectivity index (χ0n) is 10.8. The van der Waals surface area contributed by atoms with Crippen LogP contribution in [0.3, 0.4) is 0 Å². The maximum absolute atomic E-state index is 13.2. The fourth-order valence-corrected chi connectivity index (χ4v) is 1.97. The lowest BCUT2D eigenvalue weighted by molar-refractivity contribution is 0.415. The first-order valence-electron chi connectivity index (χ1n) is 6.07. The quantitative estimate of drug-likeness (QED) is 0.790. The van der Waals surface area contributed by atoms with E-state index in [0.29, 0.717) is 11.5 Å². The van der Waals surface area contributed by atoms with Crippen molar-refractivity contribution in [1.82, 2.24) is 9.97 Å². The van der Waals surface area contributed by atoms with Gasteiger partial charge in [-0.1, -0.05) is 6.07 Å². The number of anilines is 2. The minimum absolute atomic E-state index is 0.300. The summed E-state index contributed by atoms with van der Waals surface area (Å²) >= 11 is 0. The monoisotopic (exact) mass is 269 g/mol. The maximum Gasteiger partial charge on any atom is 0.141 e. The molecule has 0 atom stereocenters. The summed E-state index contributed by atoms with van der Waals surface area (Å²) in [5.41, 5.74) is 1.42. The number of ether oxygens (including phenoxy) is 1. The molecule has 100 valence electrons. The van der Waals surface area contributed by atoms with Gasteiger partial charge in [0.05, 0.1) is 12.6 Å². The molecule has 0 saturated carbocycles. The number of hydrogen-bond donors (Lipinski definition) is 1. The molecule has 0 aliphatic carbocycles. The fraction of sp³-hybridized carbons (Fsp3) is 0.0667. The van der Waals surface area contributed by atoms with Crippen LogP contribution >= 0.6 is 0 Å². The average Bonchev–Trinajstić information content (AvgIpc) is 2.47. The van der Waals surface area contributed by atoms with Gasteiger partial charge in [-0.05, 0) is 36.4 Å². The van der Waals surface area contributed by atoms with Gasteiger partial charge < -0.3 is 10.1 Å². The minimum Gasteiger partial charge on any atom is -0.497 e. The van der Waals surface area contributed by atoms with Gasteiger partial charge in [0.1, 0.15) is 23.7 Å². The van der Waals surface area contributed by atoms with Crippen LogP contribution in [0.4, 0.5) is 15.9 Å². The smallest absolute Gasteiger partial charge is 0.141 e. The van der Waals surface area contributed by atoms with Gasteiger partial charge in [-0.3, -0.25) is 0 Å². The predicted octanol–water partition coefficient (Wildman–Crippen LogP) is 3.52. The van der Waals surface area contributed by atoms with Crippen molar-refractivity contribution in [2.75, 3.05) is 12.4 Å². The Morgan fingerprint density at radius 1 is 1.10 bits per heavy atom. The van der Waals surface area contributed by atoms with Gasteiger partial charge in [0.2, 0.25) is 0 Å². The maximum atomic E-state index is 13.2. The number of fused-ring (bicyclic) bond motifs is 1. The molecule has 0 fully saturated rings. The highest BCUT2D eigenvalue weighted by molar-refractivity contribution is 5.91. The Morgan fingerprint density at radius 2 is 2.00 bits per heavy atom. The second-order valence-corrected chi connectivity index (χ2v) is 4.24. The van der Waals surface area contributed by atoms with Crippen molar-refractivity contribution < 1.29 is 9.13 Å². The summed E-state index contributed by atoms with van der Waals surface area (Å²) in [6.45, 7) is 0. The first-order chi connectivity index (χ1) is 9.76. The number of nitrogens with zero attached hydrogens (tertiary/aromatic N) is 2. The van der Waals surface area contributed by atoms with E-state index >= 15 is 0 Å². The third kappa shape index (κ3) is 2.38. The van der Waals surface area contributed by atoms with E-state index in [1.807, 2.05) is 18.2 Å². The summed E-state index contributed by atoms with van der Waals surface area (Å²) in [6.07, 6.45) is 1.47. The summed E-state index contributed by atoms with van der Waals surface area (Å²) in [4.78, 5) is 8.40. The fourth-order valence-electron chi connectivity index (χ4n) is 1.97. The van der Waals surface area contributed by atoms with E-state index in [4.69, 9.17) is 4.74 Å². The number of benzene rings is 2. The first kappa shape index (κ1) is 12.3. The van der Waals surface area contributed by atoms with Crippen molar-refractivity contribution in [2.45, 2.75) is 0 Å². The topological polar surface area (TPSA) is 47.0 Å². The summed E-state index contributed by atoms with van der Waals surface area (Å²) in [5, 5.41) is 3.91. The lowest BCUT2D eigenvalue weighted by Crippen LogP contribution is -1.96. The van der Waals surface area contributed by atoms with Gasteiger partial charge in [0.15, 0.2) is 0 Å². The molecule has 2 aromatic carbocycles. The highest BCUT2D eigenvalue weighted by atomic mass is 19.1. The molecule has 0 aliphatic rings. The normalized spacial score (nSPS) is 10.5. The van der Waals surface area contributed by atoms with Crippen molar-refractivity contribution in [3.8, 4) is 5.75 Å². The van der Waals surface area contributed by atoms with Gasteiger partial charge >= 0.3 is 0 Å². The molecule has 20 heavy (non-hydrogen) atoms. The van der Waals surface area contributed by atoms with Crippen LogP contribution in [0.5, 0.6) is 5.75 Å². The van der Waals surface area contributed by atoms with E-state index < -0.39 is 0 Å². The average molecular weight is 269 g/mol. The predicted molar refractivity (Wildman–Crippen MR) is 75.8 cm³/mol. The lowest BCUT2D eigenvalue weighted by Gasteiger charge is -2.09. The van der Waals surface area contributed by atoms with Crippen molar-refractivity contribution in [3.05, 3.63) is 54.6 Å². The summed E-state index contributed by atoms with van der Waals surface area (Å²) in [5.74, 6) is 1.03. The molecule has 1 aromatic heterocycles. The van der Waals surface area contributed by atoms with E-state index in [2.05, 4.69) is 15.3 Å². The Hall–Kier alpha value is -2.69. The molecule has 5 heteroatoms. The molecule has 0 aliphatic heterocycles. The summed E-state index contributed by atoms with van der Waals surface area (Å²) in [6, 6.07) is 11.8. The molecule has 0 saturated heterocycles. The van der Waals surface area contributed by atoms with E-state index in [-0.39, 0.29) is 5.82 Å². The van der Waals surface area contributed by atoms with Crippen molar-refractivity contribution in [3.63, 3.8) is 0 Å². The Kier molecular flexibility index (Phi) is 3.16. The highest BCUT2D eigenvalue weighted by Crippen LogP contribution is 2.26. The Balaban J connectivity index is 2.06. The zero-order valence-corrected chi connectivity index (χ0v) is 10.8. The molecule has 0 radical (unpaired) electrons. The Labute approximate surface area is 115 Å². The van der Waals surface area contributed by atoms with E-state index in [0.717, 1.165) is 16.7 Å². The van der Waals surface area contributed by atoms with E-state index in [9.17, 15) is 4.39 Å². The van der Waals surface area contributed by atoms with Crippen LogP contribution in [0.1, 0.15) is 0 Å². The van der Waals surface area contributed by atoms with Crippen LogP contribution < -0.4 is 10.1 Å². The molecule has 3 rings (SSSR count). The number of methoxy groups -OCH3 is 1. The van der Waals surface area contributed by atoms with Gasteiger partial charge in [0.25, 0.3) is 0 Å². The number of rotatable bonds is 3. The number of hydrogen-bond acceptors (Lipinski definition) is 4. The second-order valence-electron chi connectivity index (χ2n) is 4.24. The van der Waals surface area contributed by atoms with Crippen molar-refractivity contribution >= 4 is 22.4 Å². The van der Waals surface area contributed by atoms with Gasteiger partial charge in [-0.2, -0.15) is 0 Å². The Morgan fingerprint density at radius 3 is 2.80 bits per heavy atom. The first-order valence-corrected chi connectivity index (χ1v) is 6.07. The number of halogens is 1. The van der Waals surface area contributed by atoms with Gasteiger partial charge in [-0.15, -0.1) is 0 Å². The largest absolute Gasteiger partial charge is 0.497 e. The molecule has 1 heterocycles. The zero-order chi connectivity index (χ0) is 13.9. The molecular formula is C15H12FN3O. The van der Waals surface area contributed by atoms with Crippen LogP contribution in [0, 0.1) is 5.82 Å². The van der Waals surface area contributed by atoms with Gasteiger partial charge in [0, 0.05) is 11.1 Å². The molecule has 4 nitrogen and oxygen atoms in total. The van der Waals surface area contributed by atoms with Gasteiger partial charge in [-0.25, -0.2) is 14.4 Å². The molecule has 0 unspecified atom stereocenters. The molecular weight excluding hydrogens is 257 g/mol. The molecule has 0 amide bonds. The van der Waals surface area contributed by atoms with Crippen LogP contribution in [0.25, 0.3) is 10.9 Å². The standard InChI is InChI=1S/C15H12FN3O/c1-20-12-5-6-14-13(8-12)15(18-9-17-14)19-11-4-2-3-10(16)7-11/h2-9H,1H3,(H,17,18,19). The molecule has 0 spiro atoms. The van der Waals surface area contributed by atoms with Crippen LogP contribution in [0.2, 0.25) is 0 Å². The molecule has 1 N–H and O–H groups in total. The third-order valence-corrected chi connectivity index (χ3v) is 2.93. The van der Waals surface area contributed by atoms with E-state index in [1.165, 1.54) is 18.5 Å². The van der Waals surface area contributed by atoms with Crippen LogP contribution in [-0.2, 0) is 0 Å². The SMILES string of the molecule is COc1ccc2ncnc(Nc3cccc(F)c3)c2c1. The van der Waals surface area contributed by atoms with Crippen LogP contribution in [-0.4, -0.2) is 17.1 Å². The second kappa shape index (κ2) is 5.13. The Bertz CT molecular complexity index is 761. The molecule has 3 aromatic rings. The summed E-state index contributed by atoms with van der Waals surface area (Å²) < 4.78 is 18.4. The highest BCUT2D eigenvalue weighted by Gasteiger charge is 2.06. The molecule has 0 bridgehead atoms. The lowest BCUT2D eigenvalue weighted by atomic mass is 10.2.